The number of rotatable bonds is 2. The maximum absolute atomic E-state index is 10.4. The minimum absolute atomic E-state index is 0. The van der Waals surface area contributed by atoms with E-state index >= 15 is 0 Å². The number of esters is 1. The number of hydrogen-bond acceptors (Lipinski definition) is 5. The van der Waals surface area contributed by atoms with Gasteiger partial charge < -0.3 is 27.0 Å². The van der Waals surface area contributed by atoms with Crippen LogP contribution in [0.25, 0.3) is 0 Å². The van der Waals surface area contributed by atoms with Gasteiger partial charge in [-0.05, 0) is 13.5 Å². The van der Waals surface area contributed by atoms with Crippen molar-refractivity contribution in [2.24, 2.45) is 0 Å². The smallest absolute Gasteiger partial charge is 0.330 e. The quantitative estimate of drug-likeness (QED) is 0.275. The summed E-state index contributed by atoms with van der Waals surface area (Å²) in [6, 6.07) is 0. The van der Waals surface area contributed by atoms with Crippen molar-refractivity contribution in [3.8, 4) is 0 Å². The predicted octanol–water partition coefficient (Wildman–Crippen LogP) is -0.237. The van der Waals surface area contributed by atoms with Gasteiger partial charge >= 0.3 is 5.97 Å². The zero-order chi connectivity index (χ0) is 12.6. The van der Waals surface area contributed by atoms with E-state index < -0.39 is 0 Å². The minimum Gasteiger partial charge on any atom is -0.496 e. The molecule has 0 aliphatic rings. The van der Waals surface area contributed by atoms with Crippen LogP contribution in [0.4, 0.5) is 0 Å². The predicted molar refractivity (Wildman–Crippen MR) is 55.6 cm³/mol. The maximum Gasteiger partial charge on any atom is 0.330 e. The number of carbonyl (C=O) groups is 1. The molecule has 0 amide bonds. The molecule has 0 atom stereocenters. The molecule has 0 bridgehead atoms. The van der Waals surface area contributed by atoms with Crippen LogP contribution in [0.2, 0.25) is 0 Å². The average molecular weight is 257 g/mol. The Morgan fingerprint density at radius 1 is 1.20 bits per heavy atom. The Bertz CT molecular complexity index is 117. The van der Waals surface area contributed by atoms with Gasteiger partial charge in [0.15, 0.2) is 0 Å². The maximum atomic E-state index is 10.4. The van der Waals surface area contributed by atoms with Crippen LogP contribution < -0.4 is 0 Å². The van der Waals surface area contributed by atoms with E-state index in [1.165, 1.54) is 0 Å². The van der Waals surface area contributed by atoms with Crippen molar-refractivity contribution in [3.05, 3.63) is 19.1 Å². The molecule has 0 fully saturated rings. The van der Waals surface area contributed by atoms with Crippen LogP contribution in [-0.2, 0) is 31.2 Å². The van der Waals surface area contributed by atoms with Gasteiger partial charge in [-0.15, -0.1) is 0 Å². The van der Waals surface area contributed by atoms with E-state index in [0.29, 0.717) is 5.57 Å². The number of ether oxygens (including phenoxy) is 1. The summed E-state index contributed by atoms with van der Waals surface area (Å²) in [5, 5.41) is 21.0. The number of carbonyl (C=O) groups excluding carboxylic acids is 1. The van der Waals surface area contributed by atoms with Crippen molar-refractivity contribution >= 4 is 5.97 Å². The Kier molecular flexibility index (Phi) is 72.7. The first-order valence-electron chi connectivity index (χ1n) is 3.64. The second-order valence-corrected chi connectivity index (χ2v) is 1.42. The molecule has 0 saturated carbocycles. The largest absolute Gasteiger partial charge is 0.496 e. The Morgan fingerprint density at radius 2 is 1.47 bits per heavy atom. The molecule has 0 heterocycles. The third-order valence-electron chi connectivity index (χ3n) is 0.582. The molecule has 0 aromatic carbocycles. The van der Waals surface area contributed by atoms with Gasteiger partial charge in [0, 0.05) is 48.6 Å². The molecule has 0 unspecified atom stereocenters. The molecular weight excluding hydrogens is 236 g/mol. The molecule has 6 heteroatoms. The zero-order valence-corrected chi connectivity index (χ0v) is 11.3. The van der Waals surface area contributed by atoms with E-state index in [-0.39, 0.29) is 34.3 Å². The molecule has 0 saturated heterocycles. The van der Waals surface area contributed by atoms with E-state index in [1.807, 2.05) is 0 Å². The van der Waals surface area contributed by atoms with E-state index in [9.17, 15) is 4.79 Å². The molecule has 0 spiro atoms. The Labute approximate surface area is 107 Å². The summed E-state index contributed by atoms with van der Waals surface area (Å²) in [7, 11) is 3.00. The standard InChI is InChI=1S/C6H9O2.3CH4O.Ti/c1-4-8-6(7)5(2)3;3*1-2;/h1-2,4H2,3H3;3*2H,1H3;/q-1;;;;. The topological polar surface area (TPSA) is 87.0 Å². The van der Waals surface area contributed by atoms with Crippen LogP contribution >= 0.6 is 0 Å². The van der Waals surface area contributed by atoms with E-state index in [1.54, 1.807) is 6.92 Å². The first-order valence-corrected chi connectivity index (χ1v) is 3.64. The molecule has 0 radical (unpaired) electrons. The van der Waals surface area contributed by atoms with Crippen LogP contribution in [0.15, 0.2) is 12.2 Å². The summed E-state index contributed by atoms with van der Waals surface area (Å²) in [4.78, 5) is 10.4. The first-order chi connectivity index (χ1) is 6.68. The molecule has 0 aromatic rings. The Hall–Kier alpha value is -0.196. The van der Waals surface area contributed by atoms with Crippen molar-refractivity contribution in [1.82, 2.24) is 0 Å². The van der Waals surface area contributed by atoms with Gasteiger partial charge in [0.1, 0.15) is 0 Å². The molecule has 0 aromatic heterocycles. The summed E-state index contributed by atoms with van der Waals surface area (Å²) >= 11 is 0. The van der Waals surface area contributed by atoms with E-state index in [4.69, 9.17) is 15.3 Å². The van der Waals surface area contributed by atoms with Crippen LogP contribution in [0.5, 0.6) is 0 Å². The van der Waals surface area contributed by atoms with Crippen LogP contribution in [0.1, 0.15) is 6.92 Å². The average Bonchev–Trinajstić information content (AvgIpc) is 2.27. The summed E-state index contributed by atoms with van der Waals surface area (Å²) in [6.07, 6.45) is 0. The normalized spacial score (nSPS) is 5.60. The molecule has 5 nitrogen and oxygen atoms in total. The molecule has 92 valence electrons. The summed E-state index contributed by atoms with van der Waals surface area (Å²) in [5.41, 5.74) is 0.411. The van der Waals surface area contributed by atoms with Gasteiger partial charge in [0.05, 0.1) is 0 Å². The third kappa shape index (κ3) is 41.5. The monoisotopic (exact) mass is 257 g/mol. The van der Waals surface area contributed by atoms with E-state index in [2.05, 4.69) is 18.2 Å². The SMILES string of the molecule is C=C(C)C(=O)OC[CH2-].CO.CO.CO.[Ti]. The van der Waals surface area contributed by atoms with Gasteiger partial charge in [-0.25, -0.2) is 4.79 Å². The molecular formula is C9H21O5Ti-. The van der Waals surface area contributed by atoms with Gasteiger partial charge in [-0.2, -0.15) is 0 Å². The van der Waals surface area contributed by atoms with Crippen molar-refractivity contribution in [3.63, 3.8) is 0 Å². The molecule has 0 aliphatic carbocycles. The fraction of sp³-hybridized carbons (Fsp3) is 0.556. The van der Waals surface area contributed by atoms with Crippen molar-refractivity contribution in [2.45, 2.75) is 6.92 Å². The van der Waals surface area contributed by atoms with Crippen LogP contribution in [0, 0.1) is 6.92 Å². The minimum atomic E-state index is -0.375. The van der Waals surface area contributed by atoms with Crippen molar-refractivity contribution in [2.75, 3.05) is 27.9 Å². The second-order valence-electron chi connectivity index (χ2n) is 1.42. The van der Waals surface area contributed by atoms with Crippen molar-refractivity contribution < 1.29 is 46.6 Å². The summed E-state index contributed by atoms with van der Waals surface area (Å²) in [5.74, 6) is -0.375. The molecule has 0 aliphatic heterocycles. The fourth-order valence-electron chi connectivity index (χ4n) is 0.216. The third-order valence-corrected chi connectivity index (χ3v) is 0.582. The van der Waals surface area contributed by atoms with Crippen LogP contribution in [0.3, 0.4) is 0 Å². The Balaban J connectivity index is -0.0000000410. The van der Waals surface area contributed by atoms with Gasteiger partial charge in [-0.1, -0.05) is 6.58 Å². The molecule has 0 rings (SSSR count). The van der Waals surface area contributed by atoms with Gasteiger partial charge in [-0.3, -0.25) is 0 Å². The van der Waals surface area contributed by atoms with Gasteiger partial charge in [0.25, 0.3) is 0 Å². The zero-order valence-electron chi connectivity index (χ0n) is 9.78. The fourth-order valence-corrected chi connectivity index (χ4v) is 0.216. The first kappa shape index (κ1) is 29.3. The molecule has 15 heavy (non-hydrogen) atoms. The number of hydrogen-bond donors (Lipinski definition) is 3. The van der Waals surface area contributed by atoms with E-state index in [0.717, 1.165) is 21.3 Å². The summed E-state index contributed by atoms with van der Waals surface area (Å²) in [6.45, 7) is 8.46. The Morgan fingerprint density at radius 3 is 1.53 bits per heavy atom. The van der Waals surface area contributed by atoms with Crippen LogP contribution in [-0.4, -0.2) is 49.2 Å². The molecule has 3 N–H and O–H groups in total. The number of aliphatic hydroxyl groups is 3. The van der Waals surface area contributed by atoms with Gasteiger partial charge in [0.2, 0.25) is 0 Å². The summed E-state index contributed by atoms with van der Waals surface area (Å²) < 4.78 is 4.45. The number of aliphatic hydroxyl groups excluding tert-OH is 3. The second kappa shape index (κ2) is 37.2. The van der Waals surface area contributed by atoms with Crippen molar-refractivity contribution in [1.29, 1.82) is 0 Å².